The van der Waals surface area contributed by atoms with Gasteiger partial charge in [0.05, 0.1) is 12.1 Å². The van der Waals surface area contributed by atoms with Gasteiger partial charge < -0.3 is 0 Å². The Labute approximate surface area is 163 Å². The van der Waals surface area contributed by atoms with Crippen molar-refractivity contribution in [1.29, 1.82) is 0 Å². The first-order chi connectivity index (χ1) is 13.1. The Morgan fingerprint density at radius 1 is 1.19 bits per heavy atom. The number of fused-ring (bicyclic) bond motifs is 1. The summed E-state index contributed by atoms with van der Waals surface area (Å²) in [6.07, 6.45) is 5.56. The molecule has 27 heavy (non-hydrogen) atoms. The quantitative estimate of drug-likeness (QED) is 0.686. The zero-order valence-corrected chi connectivity index (χ0v) is 16.5. The van der Waals surface area contributed by atoms with Gasteiger partial charge in [0.1, 0.15) is 9.90 Å². The van der Waals surface area contributed by atoms with Crippen molar-refractivity contribution in [3.8, 4) is 0 Å². The van der Waals surface area contributed by atoms with Crippen molar-refractivity contribution in [1.82, 2.24) is 19.6 Å². The van der Waals surface area contributed by atoms with Gasteiger partial charge in [0.25, 0.3) is 0 Å². The fourth-order valence-corrected chi connectivity index (χ4v) is 5.53. The maximum absolute atomic E-state index is 12.9. The molecular formula is C19H22N4O2S2. The number of pyridine rings is 1. The Morgan fingerprint density at radius 3 is 2.93 bits per heavy atom. The summed E-state index contributed by atoms with van der Waals surface area (Å²) in [4.78, 5) is 11.2. The average molecular weight is 403 g/mol. The van der Waals surface area contributed by atoms with Crippen LogP contribution in [0.15, 0.2) is 53.0 Å². The average Bonchev–Trinajstić information content (AvgIpc) is 3.19. The lowest BCUT2D eigenvalue weighted by atomic mass is 9.98. The number of para-hydroxylation sites is 1. The highest BCUT2D eigenvalue weighted by atomic mass is 32.2. The molecule has 142 valence electrons. The maximum atomic E-state index is 12.9. The number of nitrogens with zero attached hydrogens (tertiary/aromatic N) is 3. The van der Waals surface area contributed by atoms with E-state index in [1.54, 1.807) is 29.7 Å². The minimum atomic E-state index is -3.59. The molecule has 0 amide bonds. The first-order valence-electron chi connectivity index (χ1n) is 9.06. The lowest BCUT2D eigenvalue weighted by Gasteiger charge is -2.32. The molecule has 1 unspecified atom stereocenters. The van der Waals surface area contributed by atoms with E-state index >= 15 is 0 Å². The number of thiazole rings is 1. The molecule has 0 saturated carbocycles. The summed E-state index contributed by atoms with van der Waals surface area (Å²) >= 11 is 1.66. The molecule has 1 N–H and O–H groups in total. The van der Waals surface area contributed by atoms with Crippen LogP contribution in [0.4, 0.5) is 0 Å². The number of benzene rings is 1. The van der Waals surface area contributed by atoms with Gasteiger partial charge in [-0.1, -0.05) is 18.2 Å². The first-order valence-corrected chi connectivity index (χ1v) is 11.4. The van der Waals surface area contributed by atoms with Crippen molar-refractivity contribution in [3.63, 3.8) is 0 Å². The molecule has 8 heteroatoms. The minimum Gasteiger partial charge on any atom is -0.296 e. The summed E-state index contributed by atoms with van der Waals surface area (Å²) < 4.78 is 28.5. The van der Waals surface area contributed by atoms with Crippen LogP contribution in [0.25, 0.3) is 10.9 Å². The fourth-order valence-electron chi connectivity index (χ4n) is 3.58. The Morgan fingerprint density at radius 2 is 2.07 bits per heavy atom. The number of rotatable bonds is 6. The summed E-state index contributed by atoms with van der Waals surface area (Å²) in [7, 11) is -3.59. The Kier molecular flexibility index (Phi) is 5.49. The van der Waals surface area contributed by atoms with Crippen LogP contribution in [0.3, 0.4) is 0 Å². The van der Waals surface area contributed by atoms with Crippen LogP contribution in [0, 0.1) is 5.92 Å². The fraction of sp³-hybridized carbons (Fsp3) is 0.368. The summed E-state index contributed by atoms with van der Waals surface area (Å²) in [5.74, 6) is 0.302. The van der Waals surface area contributed by atoms with Crippen molar-refractivity contribution >= 4 is 32.3 Å². The van der Waals surface area contributed by atoms with Crippen LogP contribution in [-0.4, -0.2) is 42.9 Å². The number of nitrogens with one attached hydrogen (secondary N) is 1. The first kappa shape index (κ1) is 18.5. The van der Waals surface area contributed by atoms with Gasteiger partial charge >= 0.3 is 0 Å². The van der Waals surface area contributed by atoms with Gasteiger partial charge in [-0.3, -0.25) is 9.88 Å². The Hall–Kier alpha value is -1.87. The molecule has 1 saturated heterocycles. The van der Waals surface area contributed by atoms with Crippen molar-refractivity contribution in [3.05, 3.63) is 53.1 Å². The lowest BCUT2D eigenvalue weighted by Crippen LogP contribution is -2.40. The summed E-state index contributed by atoms with van der Waals surface area (Å²) in [5, 5.41) is 3.93. The molecule has 1 aliphatic rings. The number of sulfonamides is 1. The highest BCUT2D eigenvalue weighted by molar-refractivity contribution is 7.89. The third-order valence-corrected chi connectivity index (χ3v) is 7.11. The molecule has 6 nitrogen and oxygen atoms in total. The second-order valence-corrected chi connectivity index (χ2v) is 9.57. The van der Waals surface area contributed by atoms with Crippen LogP contribution < -0.4 is 4.72 Å². The van der Waals surface area contributed by atoms with E-state index in [0.29, 0.717) is 18.0 Å². The van der Waals surface area contributed by atoms with E-state index in [2.05, 4.69) is 19.6 Å². The zero-order chi connectivity index (χ0) is 18.7. The molecule has 1 aromatic carbocycles. The molecule has 0 bridgehead atoms. The minimum absolute atomic E-state index is 0.246. The van der Waals surface area contributed by atoms with E-state index in [4.69, 9.17) is 0 Å². The van der Waals surface area contributed by atoms with Crippen molar-refractivity contribution in [2.45, 2.75) is 24.3 Å². The van der Waals surface area contributed by atoms with Crippen LogP contribution in [0.5, 0.6) is 0 Å². The number of likely N-dealkylation sites (tertiary alicyclic amines) is 1. The van der Waals surface area contributed by atoms with E-state index < -0.39 is 10.0 Å². The highest BCUT2D eigenvalue weighted by Crippen LogP contribution is 2.22. The van der Waals surface area contributed by atoms with E-state index in [9.17, 15) is 8.42 Å². The third kappa shape index (κ3) is 4.35. The molecule has 3 aromatic rings. The summed E-state index contributed by atoms with van der Waals surface area (Å²) in [6.45, 7) is 3.21. The van der Waals surface area contributed by atoms with E-state index in [1.165, 1.54) is 0 Å². The zero-order valence-electron chi connectivity index (χ0n) is 14.9. The largest absolute Gasteiger partial charge is 0.296 e. The molecule has 1 fully saturated rings. The number of aromatic nitrogens is 2. The second-order valence-electron chi connectivity index (χ2n) is 6.85. The van der Waals surface area contributed by atoms with Crippen LogP contribution in [0.1, 0.15) is 17.8 Å². The number of hydrogen-bond donors (Lipinski definition) is 1. The third-order valence-electron chi connectivity index (χ3n) is 4.89. The number of hydrogen-bond acceptors (Lipinski definition) is 6. The van der Waals surface area contributed by atoms with E-state index in [-0.39, 0.29) is 4.90 Å². The predicted molar refractivity (Wildman–Crippen MR) is 107 cm³/mol. The lowest BCUT2D eigenvalue weighted by molar-refractivity contribution is 0.168. The van der Waals surface area contributed by atoms with Gasteiger partial charge in [-0.2, -0.15) is 0 Å². The van der Waals surface area contributed by atoms with Crippen molar-refractivity contribution < 1.29 is 8.42 Å². The van der Waals surface area contributed by atoms with Gasteiger partial charge in [0.2, 0.25) is 10.0 Å². The van der Waals surface area contributed by atoms with Crippen LogP contribution in [0.2, 0.25) is 0 Å². The molecule has 1 aliphatic heterocycles. The standard InChI is InChI=1S/C19H22N4O2S2/c24-27(25,17-7-1-5-16-6-2-8-21-19(16)17)22-12-15-4-3-10-23(13-15)14-18-20-9-11-26-18/h1-2,5-9,11,15,22H,3-4,10,12-14H2. The molecule has 2 aromatic heterocycles. The SMILES string of the molecule is O=S(=O)(NCC1CCCN(Cc2nccs2)C1)c1cccc2cccnc12. The smallest absolute Gasteiger partial charge is 0.242 e. The topological polar surface area (TPSA) is 75.2 Å². The van der Waals surface area contributed by atoms with Gasteiger partial charge in [-0.25, -0.2) is 18.1 Å². The second kappa shape index (κ2) is 8.02. The highest BCUT2D eigenvalue weighted by Gasteiger charge is 2.24. The predicted octanol–water partition coefficient (Wildman–Crippen LogP) is 2.88. The van der Waals surface area contributed by atoms with Gasteiger partial charge in [0, 0.05) is 36.2 Å². The summed E-state index contributed by atoms with van der Waals surface area (Å²) in [5.41, 5.74) is 0.515. The van der Waals surface area contributed by atoms with E-state index in [0.717, 1.165) is 42.9 Å². The van der Waals surface area contributed by atoms with Crippen LogP contribution in [-0.2, 0) is 16.6 Å². The molecule has 0 spiro atoms. The molecule has 1 atom stereocenters. The molecule has 0 radical (unpaired) electrons. The monoisotopic (exact) mass is 402 g/mol. The summed E-state index contributed by atoms with van der Waals surface area (Å²) in [6, 6.07) is 8.94. The molecule has 0 aliphatic carbocycles. The molecule has 3 heterocycles. The van der Waals surface area contributed by atoms with Crippen molar-refractivity contribution in [2.24, 2.45) is 5.92 Å². The van der Waals surface area contributed by atoms with Gasteiger partial charge in [-0.15, -0.1) is 11.3 Å². The molecular weight excluding hydrogens is 380 g/mol. The van der Waals surface area contributed by atoms with Crippen LogP contribution >= 0.6 is 11.3 Å². The van der Waals surface area contributed by atoms with Gasteiger partial charge in [-0.05, 0) is 37.4 Å². The number of piperidine rings is 1. The maximum Gasteiger partial charge on any atom is 0.242 e. The van der Waals surface area contributed by atoms with Gasteiger partial charge in [0.15, 0.2) is 0 Å². The Balaban J connectivity index is 1.42. The molecule has 4 rings (SSSR count). The van der Waals surface area contributed by atoms with Crippen molar-refractivity contribution in [2.75, 3.05) is 19.6 Å². The van der Waals surface area contributed by atoms with E-state index in [1.807, 2.05) is 29.8 Å². The normalized spacial score (nSPS) is 18.7. The Bertz CT molecular complexity index is 1000.